The van der Waals surface area contributed by atoms with Gasteiger partial charge in [-0.15, -0.1) is 0 Å². The Morgan fingerprint density at radius 2 is 2.05 bits per heavy atom. The lowest BCUT2D eigenvalue weighted by atomic mass is 9.70. The predicted molar refractivity (Wildman–Crippen MR) is 66.6 cm³/mol. The second-order valence-corrected chi connectivity index (χ2v) is 6.44. The molecule has 1 aliphatic carbocycles. The number of aliphatic carboxylic acids is 1. The summed E-state index contributed by atoms with van der Waals surface area (Å²) in [4.78, 5) is 24.3. The summed E-state index contributed by atoms with van der Waals surface area (Å²) in [6.45, 7) is 5.98. The number of hydrogen-bond donors (Lipinski definition) is 2. The molecule has 108 valence electrons. The van der Waals surface area contributed by atoms with Crippen molar-refractivity contribution in [3.05, 3.63) is 0 Å². The van der Waals surface area contributed by atoms with E-state index in [0.29, 0.717) is 6.54 Å². The number of aliphatic hydroxyl groups is 1. The second kappa shape index (κ2) is 4.67. The third-order valence-corrected chi connectivity index (χ3v) is 3.82. The standard InChI is InChI=1S/C13H21NO5/c1-13(2,3)19-12(18)14-6-7-4-8(14)11(7)9(15)5-10(16)17/h7-9,11,15H,4-6H2,1-3H3,(H,16,17)/t7-,8-,9?,11?/m0/s1. The number of nitrogens with zero attached hydrogens (tertiary/aromatic N) is 1. The largest absolute Gasteiger partial charge is 0.481 e. The molecule has 19 heavy (non-hydrogen) atoms. The first-order valence-electron chi connectivity index (χ1n) is 6.58. The lowest BCUT2D eigenvalue weighted by Crippen LogP contribution is -2.48. The van der Waals surface area contributed by atoms with Crippen molar-refractivity contribution in [3.8, 4) is 0 Å². The van der Waals surface area contributed by atoms with E-state index < -0.39 is 17.7 Å². The van der Waals surface area contributed by atoms with Gasteiger partial charge in [-0.25, -0.2) is 4.79 Å². The van der Waals surface area contributed by atoms with Crippen LogP contribution in [-0.2, 0) is 9.53 Å². The number of carboxylic acid groups (broad SMARTS) is 1. The zero-order chi connectivity index (χ0) is 14.4. The fourth-order valence-corrected chi connectivity index (χ4v) is 3.08. The normalized spacial score (nSPS) is 30.7. The van der Waals surface area contributed by atoms with Crippen LogP contribution in [0.4, 0.5) is 4.79 Å². The number of ether oxygens (including phenoxy) is 1. The minimum Gasteiger partial charge on any atom is -0.481 e. The van der Waals surface area contributed by atoms with Crippen molar-refractivity contribution >= 4 is 12.1 Å². The van der Waals surface area contributed by atoms with Crippen LogP contribution in [0.5, 0.6) is 0 Å². The molecule has 3 rings (SSSR count). The number of amides is 1. The lowest BCUT2D eigenvalue weighted by molar-refractivity contribution is -0.141. The van der Waals surface area contributed by atoms with E-state index in [0.717, 1.165) is 6.42 Å². The van der Waals surface area contributed by atoms with Gasteiger partial charge in [0, 0.05) is 18.5 Å². The number of fused-ring (bicyclic) bond motifs is 1. The number of carbonyl (C=O) groups excluding carboxylic acids is 1. The van der Waals surface area contributed by atoms with Gasteiger partial charge in [-0.3, -0.25) is 4.79 Å². The summed E-state index contributed by atoms with van der Waals surface area (Å²) in [6, 6.07) is -0.0748. The Morgan fingerprint density at radius 3 is 2.58 bits per heavy atom. The molecule has 0 radical (unpaired) electrons. The Kier molecular flexibility index (Phi) is 3.47. The molecule has 2 unspecified atom stereocenters. The first kappa shape index (κ1) is 14.1. The minimum absolute atomic E-state index is 0.0748. The van der Waals surface area contributed by atoms with Crippen LogP contribution in [-0.4, -0.2) is 51.5 Å². The Bertz CT molecular complexity index is 389. The highest BCUT2D eigenvalue weighted by molar-refractivity contribution is 5.70. The van der Waals surface area contributed by atoms with Crippen LogP contribution in [0.3, 0.4) is 0 Å². The number of hydrogen-bond acceptors (Lipinski definition) is 4. The molecule has 0 aromatic carbocycles. The van der Waals surface area contributed by atoms with Crippen molar-refractivity contribution in [2.75, 3.05) is 6.54 Å². The third kappa shape index (κ3) is 2.83. The SMILES string of the molecule is CC(C)(C)OC(=O)N1C[C@@H]2C[C@H]1C2C(O)CC(=O)O. The molecule has 1 amide bonds. The molecule has 4 atom stereocenters. The van der Waals surface area contributed by atoms with Gasteiger partial charge in [0.1, 0.15) is 5.60 Å². The summed E-state index contributed by atoms with van der Waals surface area (Å²) in [5, 5.41) is 18.6. The van der Waals surface area contributed by atoms with E-state index in [4.69, 9.17) is 9.84 Å². The average Bonchev–Trinajstić information content (AvgIpc) is 2.69. The molecular formula is C13H21NO5. The van der Waals surface area contributed by atoms with Crippen LogP contribution in [0.25, 0.3) is 0 Å². The molecule has 0 aromatic heterocycles. The molecule has 2 heterocycles. The molecule has 2 bridgehead atoms. The monoisotopic (exact) mass is 271 g/mol. The Labute approximate surface area is 112 Å². The zero-order valence-electron chi connectivity index (χ0n) is 11.5. The Balaban J connectivity index is 1.95. The lowest BCUT2D eigenvalue weighted by Gasteiger charge is -2.39. The van der Waals surface area contributed by atoms with E-state index in [9.17, 15) is 14.7 Å². The van der Waals surface area contributed by atoms with Gasteiger partial charge in [0.25, 0.3) is 0 Å². The van der Waals surface area contributed by atoms with Crippen molar-refractivity contribution in [3.63, 3.8) is 0 Å². The van der Waals surface area contributed by atoms with Gasteiger partial charge in [-0.1, -0.05) is 0 Å². The summed E-state index contributed by atoms with van der Waals surface area (Å²) in [5.74, 6) is -0.932. The van der Waals surface area contributed by atoms with Crippen molar-refractivity contribution in [1.82, 2.24) is 4.90 Å². The fraction of sp³-hybridized carbons (Fsp3) is 0.846. The summed E-state index contributed by atoms with van der Waals surface area (Å²) in [6.07, 6.45) is -0.681. The van der Waals surface area contributed by atoms with Crippen LogP contribution >= 0.6 is 0 Å². The molecule has 2 N–H and O–H groups in total. The van der Waals surface area contributed by atoms with E-state index in [1.165, 1.54) is 0 Å². The van der Waals surface area contributed by atoms with E-state index in [1.807, 2.05) is 20.8 Å². The van der Waals surface area contributed by atoms with Gasteiger partial charge in [0.05, 0.1) is 12.5 Å². The van der Waals surface area contributed by atoms with Crippen LogP contribution < -0.4 is 0 Å². The van der Waals surface area contributed by atoms with E-state index in [-0.39, 0.29) is 30.4 Å². The molecule has 2 saturated heterocycles. The van der Waals surface area contributed by atoms with Crippen LogP contribution in [0.1, 0.15) is 33.6 Å². The van der Waals surface area contributed by atoms with E-state index in [2.05, 4.69) is 0 Å². The highest BCUT2D eigenvalue weighted by Crippen LogP contribution is 2.48. The van der Waals surface area contributed by atoms with Gasteiger partial charge in [0.2, 0.25) is 0 Å². The van der Waals surface area contributed by atoms with Crippen LogP contribution in [0.2, 0.25) is 0 Å². The molecule has 3 fully saturated rings. The topological polar surface area (TPSA) is 87.1 Å². The highest BCUT2D eigenvalue weighted by Gasteiger charge is 2.57. The van der Waals surface area contributed by atoms with Crippen molar-refractivity contribution in [1.29, 1.82) is 0 Å². The van der Waals surface area contributed by atoms with Gasteiger partial charge in [0.15, 0.2) is 0 Å². The van der Waals surface area contributed by atoms with Crippen LogP contribution in [0.15, 0.2) is 0 Å². The number of aliphatic hydroxyl groups excluding tert-OH is 1. The maximum atomic E-state index is 12.0. The molecular weight excluding hydrogens is 250 g/mol. The van der Waals surface area contributed by atoms with Gasteiger partial charge < -0.3 is 19.8 Å². The number of rotatable bonds is 3. The summed E-state index contributed by atoms with van der Waals surface area (Å²) >= 11 is 0. The van der Waals surface area contributed by atoms with Crippen LogP contribution in [0, 0.1) is 11.8 Å². The predicted octanol–water partition coefficient (Wildman–Crippen LogP) is 1.08. The van der Waals surface area contributed by atoms with Crippen molar-refractivity contribution in [2.24, 2.45) is 11.8 Å². The number of carbonyl (C=O) groups is 2. The molecule has 0 spiro atoms. The molecule has 3 aliphatic rings. The first-order chi connectivity index (χ1) is 8.69. The van der Waals surface area contributed by atoms with Crippen molar-refractivity contribution < 1.29 is 24.5 Å². The van der Waals surface area contributed by atoms with Gasteiger partial charge in [-0.2, -0.15) is 0 Å². The quantitative estimate of drug-likeness (QED) is 0.802. The third-order valence-electron chi connectivity index (χ3n) is 3.82. The number of carboxylic acids is 1. The summed E-state index contributed by atoms with van der Waals surface area (Å²) in [7, 11) is 0. The highest BCUT2D eigenvalue weighted by atomic mass is 16.6. The Hall–Kier alpha value is -1.30. The van der Waals surface area contributed by atoms with E-state index in [1.54, 1.807) is 4.90 Å². The zero-order valence-corrected chi connectivity index (χ0v) is 11.5. The molecule has 6 heteroatoms. The maximum Gasteiger partial charge on any atom is 0.410 e. The first-order valence-corrected chi connectivity index (χ1v) is 6.58. The molecule has 6 nitrogen and oxygen atoms in total. The molecule has 0 aromatic rings. The molecule has 1 saturated carbocycles. The second-order valence-electron chi connectivity index (χ2n) is 6.44. The smallest absolute Gasteiger partial charge is 0.410 e. The van der Waals surface area contributed by atoms with Crippen molar-refractivity contribution in [2.45, 2.75) is 51.4 Å². The van der Waals surface area contributed by atoms with E-state index >= 15 is 0 Å². The summed E-state index contributed by atoms with van der Waals surface area (Å²) in [5.41, 5.74) is -0.542. The van der Waals surface area contributed by atoms with Gasteiger partial charge in [-0.05, 0) is 33.1 Å². The fourth-order valence-electron chi connectivity index (χ4n) is 3.08. The van der Waals surface area contributed by atoms with Gasteiger partial charge >= 0.3 is 12.1 Å². The Morgan fingerprint density at radius 1 is 1.42 bits per heavy atom. The maximum absolute atomic E-state index is 12.0. The minimum atomic E-state index is -1.01. The average molecular weight is 271 g/mol. The molecule has 2 aliphatic heterocycles. The summed E-state index contributed by atoms with van der Waals surface area (Å²) < 4.78 is 5.32.